The van der Waals surface area contributed by atoms with Crippen LogP contribution in [0.3, 0.4) is 0 Å². The van der Waals surface area contributed by atoms with Gasteiger partial charge in [-0.25, -0.2) is 0 Å². The molecule has 3 atom stereocenters. The summed E-state index contributed by atoms with van der Waals surface area (Å²) in [4.78, 5) is 44.7. The Bertz CT molecular complexity index is 924. The van der Waals surface area contributed by atoms with Crippen molar-refractivity contribution >= 4 is 17.7 Å². The maximum atomic E-state index is 13.1. The molecule has 2 N–H and O–H groups in total. The number of unbranched alkanes of at least 4 members (excludes halogenated alkanes) is 1. The van der Waals surface area contributed by atoms with Crippen molar-refractivity contribution in [2.24, 2.45) is 11.8 Å². The maximum absolute atomic E-state index is 13.1. The van der Waals surface area contributed by atoms with Crippen LogP contribution in [0.15, 0.2) is 24.3 Å². The smallest absolute Gasteiger partial charge is 0.239 e. The third-order valence-corrected chi connectivity index (χ3v) is 7.80. The predicted molar refractivity (Wildman–Crippen MR) is 149 cm³/mol. The molecule has 9 heteroatoms. The van der Waals surface area contributed by atoms with Gasteiger partial charge in [-0.3, -0.25) is 19.3 Å². The quantitative estimate of drug-likeness (QED) is 0.501. The molecular formula is C29H47N5O4. The number of hydrogen-bond donors (Lipinski definition) is 2. The van der Waals surface area contributed by atoms with Crippen molar-refractivity contribution in [1.82, 2.24) is 25.3 Å². The lowest BCUT2D eigenvalue weighted by Gasteiger charge is -2.39. The average molecular weight is 530 g/mol. The van der Waals surface area contributed by atoms with Crippen LogP contribution in [-0.4, -0.2) is 99.4 Å². The third kappa shape index (κ3) is 9.91. The molecular weight excluding hydrogens is 482 g/mol. The Morgan fingerprint density at radius 1 is 1.05 bits per heavy atom. The molecule has 0 aromatic heterocycles. The van der Waals surface area contributed by atoms with E-state index in [1.807, 2.05) is 26.2 Å². The van der Waals surface area contributed by atoms with Crippen molar-refractivity contribution in [3.63, 3.8) is 0 Å². The Labute approximate surface area is 228 Å². The summed E-state index contributed by atoms with van der Waals surface area (Å²) in [6.45, 7) is 4.20. The Morgan fingerprint density at radius 3 is 2.63 bits per heavy atom. The summed E-state index contributed by atoms with van der Waals surface area (Å²) >= 11 is 0. The molecule has 0 unspecified atom stereocenters. The molecule has 0 radical (unpaired) electrons. The van der Waals surface area contributed by atoms with Crippen LogP contribution in [0.25, 0.3) is 0 Å². The first-order chi connectivity index (χ1) is 18.2. The number of carbonyl (C=O) groups excluding carboxylic acids is 3. The van der Waals surface area contributed by atoms with Crippen molar-refractivity contribution in [3.8, 4) is 5.75 Å². The molecule has 9 nitrogen and oxygen atoms in total. The molecule has 2 fully saturated rings. The largest absolute Gasteiger partial charge is 0.497 e. The van der Waals surface area contributed by atoms with E-state index in [9.17, 15) is 14.4 Å². The Morgan fingerprint density at radius 2 is 1.87 bits per heavy atom. The van der Waals surface area contributed by atoms with Gasteiger partial charge in [-0.05, 0) is 82.4 Å². The summed E-state index contributed by atoms with van der Waals surface area (Å²) in [5.41, 5.74) is 1.20. The number of hydrogen-bond acceptors (Lipinski definition) is 6. The highest BCUT2D eigenvalue weighted by Crippen LogP contribution is 2.30. The predicted octanol–water partition coefficient (Wildman–Crippen LogP) is 2.11. The molecule has 2 saturated heterocycles. The number of rotatable bonds is 8. The van der Waals surface area contributed by atoms with Crippen LogP contribution in [-0.2, 0) is 20.9 Å². The van der Waals surface area contributed by atoms with Gasteiger partial charge in [0.05, 0.1) is 13.7 Å². The van der Waals surface area contributed by atoms with E-state index in [4.69, 9.17) is 4.74 Å². The monoisotopic (exact) mass is 529 g/mol. The van der Waals surface area contributed by atoms with Gasteiger partial charge in [0, 0.05) is 45.6 Å². The summed E-state index contributed by atoms with van der Waals surface area (Å²) in [5, 5.41) is 6.10. The molecule has 3 rings (SSSR count). The van der Waals surface area contributed by atoms with Crippen molar-refractivity contribution in [1.29, 1.82) is 0 Å². The first-order valence-electron chi connectivity index (χ1n) is 14.0. The first-order valence-corrected chi connectivity index (χ1v) is 14.0. The molecule has 3 amide bonds. The van der Waals surface area contributed by atoms with Crippen molar-refractivity contribution in [2.75, 3.05) is 61.0 Å². The average Bonchev–Trinajstić information content (AvgIpc) is 2.87. The number of methoxy groups -OCH3 is 1. The molecule has 0 spiro atoms. The highest BCUT2D eigenvalue weighted by Gasteiger charge is 2.32. The van der Waals surface area contributed by atoms with Crippen molar-refractivity contribution in [2.45, 2.75) is 57.5 Å². The van der Waals surface area contributed by atoms with Crippen LogP contribution in [0.2, 0.25) is 0 Å². The van der Waals surface area contributed by atoms with E-state index >= 15 is 0 Å². The van der Waals surface area contributed by atoms with Crippen LogP contribution in [0.1, 0.15) is 50.5 Å². The number of fused-ring (bicyclic) bond motifs is 1. The zero-order valence-electron chi connectivity index (χ0n) is 23.7. The van der Waals surface area contributed by atoms with Gasteiger partial charge in [0.1, 0.15) is 5.75 Å². The summed E-state index contributed by atoms with van der Waals surface area (Å²) in [6, 6.07) is 7.92. The molecule has 2 heterocycles. The van der Waals surface area contributed by atoms with E-state index in [-0.39, 0.29) is 42.6 Å². The summed E-state index contributed by atoms with van der Waals surface area (Å²) < 4.78 is 5.38. The fourth-order valence-electron chi connectivity index (χ4n) is 5.62. The van der Waals surface area contributed by atoms with Crippen LogP contribution in [0.5, 0.6) is 5.75 Å². The lowest BCUT2D eigenvalue weighted by Crippen LogP contribution is -2.47. The van der Waals surface area contributed by atoms with Gasteiger partial charge in [-0.15, -0.1) is 0 Å². The fraction of sp³-hybridized carbons (Fsp3) is 0.690. The Kier molecular flexibility index (Phi) is 11.9. The number of nitrogens with one attached hydrogen (secondary N) is 2. The molecule has 2 aliphatic rings. The van der Waals surface area contributed by atoms with Gasteiger partial charge in [0.15, 0.2) is 0 Å². The number of piperidine rings is 1. The van der Waals surface area contributed by atoms with E-state index < -0.39 is 0 Å². The number of carbonyl (C=O) groups is 3. The van der Waals surface area contributed by atoms with Crippen molar-refractivity contribution in [3.05, 3.63) is 29.8 Å². The summed E-state index contributed by atoms with van der Waals surface area (Å²) in [5.74, 6) is 1.18. The molecule has 212 valence electrons. The van der Waals surface area contributed by atoms with Crippen LogP contribution in [0, 0.1) is 11.8 Å². The normalized spacial score (nSPS) is 24.4. The van der Waals surface area contributed by atoms with Crippen LogP contribution < -0.4 is 15.4 Å². The van der Waals surface area contributed by atoms with Gasteiger partial charge in [-0.2, -0.15) is 0 Å². The zero-order valence-corrected chi connectivity index (χ0v) is 23.7. The molecule has 0 saturated carbocycles. The van der Waals surface area contributed by atoms with E-state index in [2.05, 4.69) is 32.6 Å². The lowest BCUT2D eigenvalue weighted by molar-refractivity contribution is -0.136. The second kappa shape index (κ2) is 15.1. The minimum absolute atomic E-state index is 0.0139. The maximum Gasteiger partial charge on any atom is 0.239 e. The Balaban J connectivity index is 1.64. The standard InChI is InChI=1S/C29H47N5O4/c1-32(2)14-6-5-9-25-18-27(35)30-13-11-24-20-34(19-22-8-7-10-26(16-22)38-4)15-12-23(24)17-29(37)33(3)21-28(36)31-25/h7-8,10,16,23-25H,5-6,9,11-15,17-21H2,1-4H3,(H,30,35)(H,31,36)/t23-,24-,25-/m0/s1. The van der Waals surface area contributed by atoms with Gasteiger partial charge >= 0.3 is 0 Å². The van der Waals surface area contributed by atoms with Crippen LogP contribution >= 0.6 is 0 Å². The molecule has 0 bridgehead atoms. The van der Waals surface area contributed by atoms with Crippen molar-refractivity contribution < 1.29 is 19.1 Å². The second-order valence-corrected chi connectivity index (χ2v) is 11.3. The number of likely N-dealkylation sites (N-methyl/N-ethyl adjacent to an activating group) is 1. The molecule has 1 aromatic rings. The number of amides is 3. The highest BCUT2D eigenvalue weighted by molar-refractivity contribution is 5.85. The number of benzene rings is 1. The van der Waals surface area contributed by atoms with E-state index in [0.29, 0.717) is 18.9 Å². The van der Waals surface area contributed by atoms with Gasteiger partial charge in [0.2, 0.25) is 17.7 Å². The lowest BCUT2D eigenvalue weighted by atomic mass is 9.80. The molecule has 2 aliphatic heterocycles. The number of likely N-dealkylation sites (tertiary alicyclic amines) is 1. The van der Waals surface area contributed by atoms with E-state index in [1.54, 1.807) is 19.1 Å². The number of ether oxygens (including phenoxy) is 1. The minimum Gasteiger partial charge on any atom is -0.497 e. The number of nitrogens with zero attached hydrogens (tertiary/aromatic N) is 3. The zero-order chi connectivity index (χ0) is 27.5. The van der Waals surface area contributed by atoms with Gasteiger partial charge in [-0.1, -0.05) is 18.6 Å². The summed E-state index contributed by atoms with van der Waals surface area (Å²) in [7, 11) is 7.47. The molecule has 0 aliphatic carbocycles. The fourth-order valence-corrected chi connectivity index (χ4v) is 5.62. The minimum atomic E-state index is -0.225. The Hall–Kier alpha value is -2.65. The highest BCUT2D eigenvalue weighted by atomic mass is 16.5. The first kappa shape index (κ1) is 29.9. The SMILES string of the molecule is COc1cccc(CN2CC[C@H]3CC(=O)N(C)CC(=O)N[C@@H](CCCCN(C)C)CC(=O)NCC[C@H]3C2)c1. The third-order valence-electron chi connectivity index (χ3n) is 7.80. The molecule has 1 aromatic carbocycles. The van der Waals surface area contributed by atoms with Gasteiger partial charge in [0.25, 0.3) is 0 Å². The second-order valence-electron chi connectivity index (χ2n) is 11.3. The van der Waals surface area contributed by atoms with E-state index in [1.165, 1.54) is 5.56 Å². The summed E-state index contributed by atoms with van der Waals surface area (Å²) in [6.07, 6.45) is 5.14. The molecule has 38 heavy (non-hydrogen) atoms. The topological polar surface area (TPSA) is 94.2 Å². The van der Waals surface area contributed by atoms with Gasteiger partial charge < -0.3 is 25.2 Å². The van der Waals surface area contributed by atoms with E-state index in [0.717, 1.165) is 64.0 Å². The van der Waals surface area contributed by atoms with Crippen LogP contribution in [0.4, 0.5) is 0 Å².